The van der Waals surface area contributed by atoms with Crippen molar-refractivity contribution < 1.29 is 14.3 Å². The van der Waals surface area contributed by atoms with Crippen molar-refractivity contribution in [1.82, 2.24) is 0 Å². The Labute approximate surface area is 149 Å². The average Bonchev–Trinajstić information content (AvgIpc) is 2.60. The van der Waals surface area contributed by atoms with E-state index >= 15 is 0 Å². The van der Waals surface area contributed by atoms with E-state index in [4.69, 9.17) is 4.74 Å². The zero-order chi connectivity index (χ0) is 17.4. The number of halogens is 1. The van der Waals surface area contributed by atoms with E-state index in [1.165, 1.54) is 6.08 Å². The Morgan fingerprint density at radius 2 is 1.92 bits per heavy atom. The largest absolute Gasteiger partial charge is 0.452 e. The first-order valence-electron chi connectivity index (χ1n) is 7.56. The minimum absolute atomic E-state index is 0.322. The smallest absolute Gasteiger partial charge is 0.331 e. The Balaban J connectivity index is 1.85. The summed E-state index contributed by atoms with van der Waals surface area (Å²) >= 11 is 3.40. The molecule has 0 bridgehead atoms. The SMILES string of the molecule is CCc1cc(Br)ccc1NC(=O)COC(=O)/C=C/c1ccccc1. The predicted molar refractivity (Wildman–Crippen MR) is 98.6 cm³/mol. The fraction of sp³-hybridized carbons (Fsp3) is 0.158. The van der Waals surface area contributed by atoms with Crippen LogP contribution in [0.25, 0.3) is 6.08 Å². The molecule has 0 aliphatic carbocycles. The quantitative estimate of drug-likeness (QED) is 0.596. The van der Waals surface area contributed by atoms with Crippen LogP contribution in [-0.4, -0.2) is 18.5 Å². The van der Waals surface area contributed by atoms with Crippen LogP contribution in [0.15, 0.2) is 59.1 Å². The monoisotopic (exact) mass is 387 g/mol. The van der Waals surface area contributed by atoms with Crippen LogP contribution in [0.4, 0.5) is 5.69 Å². The normalized spacial score (nSPS) is 10.6. The van der Waals surface area contributed by atoms with Crippen molar-refractivity contribution >= 4 is 39.6 Å². The van der Waals surface area contributed by atoms with Gasteiger partial charge in [0.1, 0.15) is 0 Å². The van der Waals surface area contributed by atoms with Gasteiger partial charge < -0.3 is 10.1 Å². The van der Waals surface area contributed by atoms with Gasteiger partial charge in [0.15, 0.2) is 6.61 Å². The Hall–Kier alpha value is -2.40. The van der Waals surface area contributed by atoms with Crippen LogP contribution in [0, 0.1) is 0 Å². The number of benzene rings is 2. The van der Waals surface area contributed by atoms with Crippen LogP contribution < -0.4 is 5.32 Å². The number of ether oxygens (including phenoxy) is 1. The molecule has 0 aliphatic rings. The molecule has 1 amide bonds. The molecule has 2 aromatic carbocycles. The van der Waals surface area contributed by atoms with Gasteiger partial charge in [-0.15, -0.1) is 0 Å². The molecular formula is C19H18BrNO3. The zero-order valence-corrected chi connectivity index (χ0v) is 14.9. The Kier molecular flexibility index (Phi) is 6.75. The van der Waals surface area contributed by atoms with Gasteiger partial charge in [-0.3, -0.25) is 4.79 Å². The van der Waals surface area contributed by atoms with Crippen molar-refractivity contribution in [2.45, 2.75) is 13.3 Å². The number of nitrogens with one attached hydrogen (secondary N) is 1. The summed E-state index contributed by atoms with van der Waals surface area (Å²) in [4.78, 5) is 23.6. The van der Waals surface area contributed by atoms with Crippen molar-refractivity contribution in [3.8, 4) is 0 Å². The van der Waals surface area contributed by atoms with E-state index in [0.29, 0.717) is 0 Å². The Bertz CT molecular complexity index is 742. The van der Waals surface area contributed by atoms with E-state index < -0.39 is 5.97 Å². The summed E-state index contributed by atoms with van der Waals surface area (Å²) in [5.41, 5.74) is 2.62. The van der Waals surface area contributed by atoms with Gasteiger partial charge in [-0.2, -0.15) is 0 Å². The fourth-order valence-corrected chi connectivity index (χ4v) is 2.48. The Morgan fingerprint density at radius 3 is 2.62 bits per heavy atom. The van der Waals surface area contributed by atoms with Crippen LogP contribution in [0.5, 0.6) is 0 Å². The molecule has 0 spiro atoms. The third-order valence-electron chi connectivity index (χ3n) is 3.28. The molecule has 0 aromatic heterocycles. The van der Waals surface area contributed by atoms with E-state index in [0.717, 1.165) is 27.7 Å². The van der Waals surface area contributed by atoms with E-state index in [1.807, 2.05) is 55.5 Å². The molecule has 124 valence electrons. The topological polar surface area (TPSA) is 55.4 Å². The molecule has 0 atom stereocenters. The van der Waals surface area contributed by atoms with Gasteiger partial charge in [-0.05, 0) is 41.8 Å². The summed E-state index contributed by atoms with van der Waals surface area (Å²) in [6, 6.07) is 15.0. The summed E-state index contributed by atoms with van der Waals surface area (Å²) in [6.45, 7) is 1.68. The van der Waals surface area contributed by atoms with Crippen molar-refractivity contribution in [3.63, 3.8) is 0 Å². The van der Waals surface area contributed by atoms with Crippen molar-refractivity contribution in [2.24, 2.45) is 0 Å². The number of carbonyl (C=O) groups is 2. The van der Waals surface area contributed by atoms with Crippen LogP contribution in [-0.2, 0) is 20.7 Å². The molecule has 2 aromatic rings. The van der Waals surface area contributed by atoms with Gasteiger partial charge in [0.25, 0.3) is 5.91 Å². The van der Waals surface area contributed by atoms with Gasteiger partial charge in [0, 0.05) is 16.2 Å². The van der Waals surface area contributed by atoms with E-state index in [1.54, 1.807) is 6.08 Å². The number of aryl methyl sites for hydroxylation is 1. The summed E-state index contributed by atoms with van der Waals surface area (Å²) in [7, 11) is 0. The average molecular weight is 388 g/mol. The van der Waals surface area contributed by atoms with Gasteiger partial charge in [0.05, 0.1) is 0 Å². The maximum absolute atomic E-state index is 11.9. The molecule has 4 nitrogen and oxygen atoms in total. The molecule has 5 heteroatoms. The summed E-state index contributed by atoms with van der Waals surface area (Å²) in [6.07, 6.45) is 3.73. The highest BCUT2D eigenvalue weighted by Crippen LogP contribution is 2.21. The van der Waals surface area contributed by atoms with E-state index in [9.17, 15) is 9.59 Å². The maximum atomic E-state index is 11.9. The predicted octanol–water partition coefficient (Wildman–Crippen LogP) is 4.21. The summed E-state index contributed by atoms with van der Waals surface area (Å²) in [5.74, 6) is -0.922. The highest BCUT2D eigenvalue weighted by Gasteiger charge is 2.08. The molecule has 2 rings (SSSR count). The van der Waals surface area contributed by atoms with Gasteiger partial charge in [-0.1, -0.05) is 53.2 Å². The summed E-state index contributed by atoms with van der Waals surface area (Å²) in [5, 5.41) is 2.76. The standard InChI is InChI=1S/C19H18BrNO3/c1-2-15-12-16(20)9-10-17(15)21-18(22)13-24-19(23)11-8-14-6-4-3-5-7-14/h3-12H,2,13H2,1H3,(H,21,22)/b11-8+. The van der Waals surface area contributed by atoms with Crippen molar-refractivity contribution in [1.29, 1.82) is 0 Å². The molecule has 0 fully saturated rings. The molecule has 1 N–H and O–H groups in total. The number of anilines is 1. The lowest BCUT2D eigenvalue weighted by atomic mass is 10.1. The summed E-state index contributed by atoms with van der Waals surface area (Å²) < 4.78 is 5.90. The third-order valence-corrected chi connectivity index (χ3v) is 3.77. The maximum Gasteiger partial charge on any atom is 0.331 e. The minimum atomic E-state index is -0.555. The lowest BCUT2D eigenvalue weighted by molar-refractivity contribution is -0.142. The lowest BCUT2D eigenvalue weighted by Gasteiger charge is -2.10. The fourth-order valence-electron chi connectivity index (χ4n) is 2.08. The first-order chi connectivity index (χ1) is 11.6. The highest BCUT2D eigenvalue weighted by molar-refractivity contribution is 9.10. The van der Waals surface area contributed by atoms with E-state index in [-0.39, 0.29) is 12.5 Å². The number of hydrogen-bond acceptors (Lipinski definition) is 3. The van der Waals surface area contributed by atoms with Crippen LogP contribution in [0.2, 0.25) is 0 Å². The number of hydrogen-bond donors (Lipinski definition) is 1. The number of esters is 1. The molecule has 0 saturated carbocycles. The molecule has 0 saturated heterocycles. The lowest BCUT2D eigenvalue weighted by Crippen LogP contribution is -2.20. The number of carbonyl (C=O) groups excluding carboxylic acids is 2. The molecule has 0 heterocycles. The van der Waals surface area contributed by atoms with Gasteiger partial charge in [-0.25, -0.2) is 4.79 Å². The van der Waals surface area contributed by atoms with Crippen LogP contribution in [0.1, 0.15) is 18.1 Å². The molecule has 24 heavy (non-hydrogen) atoms. The molecular weight excluding hydrogens is 370 g/mol. The van der Waals surface area contributed by atoms with Crippen LogP contribution in [0.3, 0.4) is 0 Å². The molecule has 0 aliphatic heterocycles. The minimum Gasteiger partial charge on any atom is -0.452 e. The second-order valence-corrected chi connectivity index (χ2v) is 5.97. The van der Waals surface area contributed by atoms with Gasteiger partial charge >= 0.3 is 5.97 Å². The first kappa shape index (κ1) is 17.9. The first-order valence-corrected chi connectivity index (χ1v) is 8.36. The number of amides is 1. The van der Waals surface area contributed by atoms with Crippen molar-refractivity contribution in [3.05, 3.63) is 70.2 Å². The second-order valence-electron chi connectivity index (χ2n) is 5.05. The van der Waals surface area contributed by atoms with E-state index in [2.05, 4.69) is 21.2 Å². The number of rotatable bonds is 6. The van der Waals surface area contributed by atoms with Crippen LogP contribution >= 0.6 is 15.9 Å². The van der Waals surface area contributed by atoms with Crippen molar-refractivity contribution in [2.75, 3.05) is 11.9 Å². The Morgan fingerprint density at radius 1 is 1.17 bits per heavy atom. The second kappa shape index (κ2) is 9.03. The molecule has 0 unspecified atom stereocenters. The highest BCUT2D eigenvalue weighted by atomic mass is 79.9. The third kappa shape index (κ3) is 5.66. The van der Waals surface area contributed by atoms with Gasteiger partial charge in [0.2, 0.25) is 0 Å². The zero-order valence-electron chi connectivity index (χ0n) is 13.3. The molecule has 0 radical (unpaired) electrons.